The van der Waals surface area contributed by atoms with Crippen LogP contribution in [0.4, 0.5) is 4.79 Å². The molecule has 1 saturated heterocycles. The monoisotopic (exact) mass is 744 g/mol. The van der Waals surface area contributed by atoms with Crippen LogP contribution >= 0.6 is 0 Å². The van der Waals surface area contributed by atoms with Gasteiger partial charge in [0.1, 0.15) is 12.0 Å². The zero-order valence-electron chi connectivity index (χ0n) is 29.7. The van der Waals surface area contributed by atoms with Crippen molar-refractivity contribution in [1.29, 1.82) is 0 Å². The molecule has 4 rings (SSSR count). The molecule has 0 spiro atoms. The first-order valence-electron chi connectivity index (χ1n) is 17.3. The van der Waals surface area contributed by atoms with E-state index in [2.05, 4.69) is 10.6 Å². The molecule has 1 aliphatic heterocycles. The second kappa shape index (κ2) is 18.3. The van der Waals surface area contributed by atoms with Gasteiger partial charge in [-0.2, -0.15) is 0 Å². The highest BCUT2D eigenvalue weighted by Gasteiger charge is 2.77. The summed E-state index contributed by atoms with van der Waals surface area (Å²) in [6, 6.07) is 20.4. The molecule has 286 valence electrons. The zero-order valence-corrected chi connectivity index (χ0v) is 29.7. The maximum atomic E-state index is 15.2. The molecule has 3 aromatic rings. The Labute approximate surface area is 311 Å². The molecule has 3 aromatic carbocycles. The third-order valence-corrected chi connectivity index (χ3v) is 9.53. The van der Waals surface area contributed by atoms with Gasteiger partial charge in [-0.15, -0.1) is 0 Å². The van der Waals surface area contributed by atoms with E-state index < -0.39 is 103 Å². The Hall–Kier alpha value is -5.77. The van der Waals surface area contributed by atoms with Gasteiger partial charge in [-0.05, 0) is 36.5 Å². The number of ketones is 3. The van der Waals surface area contributed by atoms with E-state index in [1.54, 1.807) is 91.0 Å². The van der Waals surface area contributed by atoms with E-state index in [-0.39, 0.29) is 19.7 Å². The number of nitrogens with zero attached hydrogens (tertiary/aromatic N) is 1. The van der Waals surface area contributed by atoms with Gasteiger partial charge in [0.2, 0.25) is 5.54 Å². The molecule has 15 nitrogen and oxygen atoms in total. The zero-order chi connectivity index (χ0) is 39.5. The van der Waals surface area contributed by atoms with Crippen LogP contribution in [0.2, 0.25) is 0 Å². The summed E-state index contributed by atoms with van der Waals surface area (Å²) in [5.41, 5.74) is 1.53. The summed E-state index contributed by atoms with van der Waals surface area (Å²) in [4.78, 5) is 97.6. The number of hydrogen-bond acceptors (Lipinski definition) is 11. The Morgan fingerprint density at radius 1 is 0.722 bits per heavy atom. The lowest BCUT2D eigenvalue weighted by molar-refractivity contribution is -0.172. The average Bonchev–Trinajstić information content (AvgIpc) is 3.53. The van der Waals surface area contributed by atoms with Gasteiger partial charge in [-0.3, -0.25) is 28.9 Å². The number of nitrogens with one attached hydrogen (secondary N) is 2. The van der Waals surface area contributed by atoms with Gasteiger partial charge in [-0.25, -0.2) is 9.59 Å². The van der Waals surface area contributed by atoms with Crippen LogP contribution < -0.4 is 16.4 Å². The average molecular weight is 745 g/mol. The molecule has 1 heterocycles. The van der Waals surface area contributed by atoms with Crippen molar-refractivity contribution in [2.75, 3.05) is 6.54 Å². The Bertz CT molecular complexity index is 1820. The smallest absolute Gasteiger partial charge is 0.411 e. The van der Waals surface area contributed by atoms with Crippen LogP contribution in [0, 0.1) is 5.41 Å². The number of aliphatic carboxylic acids is 3. The number of Topliss-reactive ketones (excluding diaryl/α,β-unsaturated/α-hetero) is 3. The topological polar surface area (TPSA) is 243 Å². The summed E-state index contributed by atoms with van der Waals surface area (Å²) in [7, 11) is 0. The van der Waals surface area contributed by atoms with Crippen molar-refractivity contribution in [2.24, 2.45) is 11.1 Å². The van der Waals surface area contributed by atoms with E-state index in [1.165, 1.54) is 6.92 Å². The van der Waals surface area contributed by atoms with E-state index in [4.69, 9.17) is 10.5 Å². The molecule has 0 aliphatic carbocycles. The second-order valence-corrected chi connectivity index (χ2v) is 13.1. The normalized spacial score (nSPS) is 19.6. The van der Waals surface area contributed by atoms with Crippen molar-refractivity contribution >= 4 is 41.4 Å². The van der Waals surface area contributed by atoms with Crippen molar-refractivity contribution in [2.45, 2.75) is 76.0 Å². The summed E-state index contributed by atoms with van der Waals surface area (Å²) < 4.78 is 5.50. The summed E-state index contributed by atoms with van der Waals surface area (Å²) >= 11 is 0. The molecule has 7 N–H and O–H groups in total. The lowest BCUT2D eigenvalue weighted by atomic mass is 9.58. The molecule has 15 heteroatoms. The van der Waals surface area contributed by atoms with E-state index in [9.17, 15) is 39.3 Å². The van der Waals surface area contributed by atoms with E-state index in [0.717, 1.165) is 0 Å². The summed E-state index contributed by atoms with van der Waals surface area (Å²) in [5.74, 6) is -8.78. The van der Waals surface area contributed by atoms with Gasteiger partial charge in [0.25, 0.3) is 0 Å². The minimum absolute atomic E-state index is 0.0313. The number of carbonyl (C=O) groups excluding carboxylic acids is 4. The number of carboxylic acids is 3. The quantitative estimate of drug-likeness (QED) is 0.0912. The Balaban J connectivity index is 1.93. The molecule has 0 bridgehead atoms. The lowest BCUT2D eigenvalue weighted by Gasteiger charge is -2.45. The Morgan fingerprint density at radius 3 is 1.69 bits per heavy atom. The fourth-order valence-electron chi connectivity index (χ4n) is 6.99. The molecule has 0 saturated carbocycles. The van der Waals surface area contributed by atoms with Crippen molar-refractivity contribution in [3.8, 4) is 0 Å². The third kappa shape index (κ3) is 8.87. The number of likely N-dealkylation sites (tertiary alicyclic amines) is 1. The number of amides is 1. The summed E-state index contributed by atoms with van der Waals surface area (Å²) in [6.45, 7) is -0.0281. The minimum Gasteiger partial charge on any atom is -0.481 e. The standard InChI is InChI=1S/C39H44N4O11/c1-25(40)33(48)38(34(49)29(17-18-31(44)45)41-22-26-11-5-2-6-12-26)19-20-43(37(53)54-24-28-15-9-4-10-16-28)39(38,36(51)52)35(50)30(21-32(46)47)42-23-27-13-7-3-8-14-27/h2-16,25,29-30,41-42H,17-24,40H2,1H3,(H,44,45)(H,46,47)(H,51,52). The van der Waals surface area contributed by atoms with Gasteiger partial charge in [0.05, 0.1) is 24.5 Å². The van der Waals surface area contributed by atoms with Crippen molar-refractivity contribution < 1.29 is 53.6 Å². The fraction of sp³-hybridized carbons (Fsp3) is 0.359. The van der Waals surface area contributed by atoms with Crippen LogP contribution in [0.5, 0.6) is 0 Å². The van der Waals surface area contributed by atoms with Crippen LogP contribution in [-0.2, 0) is 53.2 Å². The molecule has 0 aromatic heterocycles. The van der Waals surface area contributed by atoms with Gasteiger partial charge in [0.15, 0.2) is 17.3 Å². The maximum Gasteiger partial charge on any atom is 0.411 e. The Kier molecular flexibility index (Phi) is 13.9. The van der Waals surface area contributed by atoms with E-state index in [0.29, 0.717) is 21.6 Å². The van der Waals surface area contributed by atoms with Crippen LogP contribution in [0.1, 0.15) is 49.3 Å². The van der Waals surface area contributed by atoms with Crippen molar-refractivity contribution in [3.05, 3.63) is 108 Å². The number of rotatable bonds is 20. The lowest BCUT2D eigenvalue weighted by Crippen LogP contribution is -2.75. The van der Waals surface area contributed by atoms with E-state index in [1.807, 2.05) is 0 Å². The molecular weight excluding hydrogens is 700 g/mol. The highest BCUT2D eigenvalue weighted by molar-refractivity contribution is 6.26. The Morgan fingerprint density at radius 2 is 1.22 bits per heavy atom. The summed E-state index contributed by atoms with van der Waals surface area (Å²) in [5, 5.41) is 36.6. The fourth-order valence-corrected chi connectivity index (χ4v) is 6.99. The minimum atomic E-state index is -3.40. The number of nitrogens with two attached hydrogens (primary N) is 1. The van der Waals surface area contributed by atoms with Gasteiger partial charge in [-0.1, -0.05) is 91.0 Å². The number of carbonyl (C=O) groups is 7. The first-order valence-corrected chi connectivity index (χ1v) is 17.3. The predicted octanol–water partition coefficient (Wildman–Crippen LogP) is 2.55. The first-order chi connectivity index (χ1) is 25.7. The number of carboxylic acid groups (broad SMARTS) is 3. The maximum absolute atomic E-state index is 15.2. The number of hydrogen-bond donors (Lipinski definition) is 6. The molecule has 5 unspecified atom stereocenters. The van der Waals surface area contributed by atoms with Crippen LogP contribution in [-0.4, -0.2) is 91.8 Å². The number of ether oxygens (including phenoxy) is 1. The van der Waals surface area contributed by atoms with Gasteiger partial charge < -0.3 is 36.4 Å². The van der Waals surface area contributed by atoms with Crippen molar-refractivity contribution in [1.82, 2.24) is 15.5 Å². The highest BCUT2D eigenvalue weighted by Crippen LogP contribution is 2.51. The van der Waals surface area contributed by atoms with Crippen LogP contribution in [0.25, 0.3) is 0 Å². The first kappa shape index (κ1) is 41.0. The van der Waals surface area contributed by atoms with E-state index >= 15 is 9.59 Å². The molecule has 0 radical (unpaired) electrons. The van der Waals surface area contributed by atoms with Gasteiger partial charge in [0, 0.05) is 26.1 Å². The van der Waals surface area contributed by atoms with Gasteiger partial charge >= 0.3 is 24.0 Å². The molecule has 1 fully saturated rings. The molecule has 54 heavy (non-hydrogen) atoms. The molecular formula is C39H44N4O11. The largest absolute Gasteiger partial charge is 0.481 e. The second-order valence-electron chi connectivity index (χ2n) is 13.1. The number of benzene rings is 3. The third-order valence-electron chi connectivity index (χ3n) is 9.53. The molecule has 1 aliphatic rings. The predicted molar refractivity (Wildman–Crippen MR) is 193 cm³/mol. The molecule has 1 amide bonds. The highest BCUT2D eigenvalue weighted by atomic mass is 16.6. The summed E-state index contributed by atoms with van der Waals surface area (Å²) in [6.07, 6.45) is -4.13. The van der Waals surface area contributed by atoms with Crippen molar-refractivity contribution in [3.63, 3.8) is 0 Å². The molecule has 5 atom stereocenters. The van der Waals surface area contributed by atoms with Crippen LogP contribution in [0.15, 0.2) is 91.0 Å². The van der Waals surface area contributed by atoms with Crippen LogP contribution in [0.3, 0.4) is 0 Å². The SMILES string of the molecule is CC(N)C(=O)C1(C(=O)C(CCC(=O)O)NCc2ccccc2)CCN(C(=O)OCc2ccccc2)C1(C(=O)O)C(=O)C(CC(=O)O)NCc1ccccc1.